The summed E-state index contributed by atoms with van der Waals surface area (Å²) in [5.41, 5.74) is 0. The van der Waals surface area contributed by atoms with Crippen LogP contribution in [0.3, 0.4) is 0 Å². The van der Waals surface area contributed by atoms with E-state index in [4.69, 9.17) is 4.74 Å². The summed E-state index contributed by atoms with van der Waals surface area (Å²) in [6.07, 6.45) is 0.368. The molecule has 0 saturated carbocycles. The molecule has 1 aliphatic rings. The highest BCUT2D eigenvalue weighted by Crippen LogP contribution is 1.98. The van der Waals surface area contributed by atoms with E-state index in [1.165, 1.54) is 26.2 Å². The largest absolute Gasteiger partial charge is 0.377 e. The number of hydrogen-bond acceptors (Lipinski definition) is 3. The van der Waals surface area contributed by atoms with Gasteiger partial charge in [0.05, 0.1) is 12.7 Å². The fourth-order valence-corrected chi connectivity index (χ4v) is 1.49. The Bertz CT molecular complexity index is 131. The molecule has 0 unspecified atom stereocenters. The van der Waals surface area contributed by atoms with Crippen molar-refractivity contribution in [2.24, 2.45) is 0 Å². The van der Waals surface area contributed by atoms with E-state index in [9.17, 15) is 0 Å². The standard InChI is InChI=1S/C10H22N2O/c1-10(2)13-9-8-12-6-4-11(3)5-7-12/h10H,4-9H2,1-3H3. The third-order valence-electron chi connectivity index (χ3n) is 2.45. The van der Waals surface area contributed by atoms with E-state index in [1.807, 2.05) is 0 Å². The van der Waals surface area contributed by atoms with Gasteiger partial charge in [0, 0.05) is 32.7 Å². The fourth-order valence-electron chi connectivity index (χ4n) is 1.49. The lowest BCUT2D eigenvalue weighted by atomic mass is 10.3. The maximum absolute atomic E-state index is 5.52. The zero-order chi connectivity index (χ0) is 9.68. The summed E-state index contributed by atoms with van der Waals surface area (Å²) in [6, 6.07) is 0. The van der Waals surface area contributed by atoms with Gasteiger partial charge < -0.3 is 9.64 Å². The molecule has 0 bridgehead atoms. The topological polar surface area (TPSA) is 15.7 Å². The summed E-state index contributed by atoms with van der Waals surface area (Å²) in [4.78, 5) is 4.85. The Morgan fingerprint density at radius 1 is 1.15 bits per heavy atom. The molecular formula is C10H22N2O. The normalized spacial score (nSPS) is 21.2. The molecule has 1 saturated heterocycles. The van der Waals surface area contributed by atoms with Crippen molar-refractivity contribution in [3.8, 4) is 0 Å². The Kier molecular flexibility index (Phi) is 4.70. The predicted molar refractivity (Wildman–Crippen MR) is 55.0 cm³/mol. The van der Waals surface area contributed by atoms with Gasteiger partial charge in [-0.1, -0.05) is 0 Å². The van der Waals surface area contributed by atoms with Crippen molar-refractivity contribution in [2.45, 2.75) is 20.0 Å². The van der Waals surface area contributed by atoms with Crippen LogP contribution in [0.5, 0.6) is 0 Å². The van der Waals surface area contributed by atoms with Crippen LogP contribution in [0.1, 0.15) is 13.8 Å². The summed E-state index contributed by atoms with van der Waals surface area (Å²) < 4.78 is 5.52. The van der Waals surface area contributed by atoms with Crippen molar-refractivity contribution in [3.63, 3.8) is 0 Å². The lowest BCUT2D eigenvalue weighted by Gasteiger charge is -2.32. The summed E-state index contributed by atoms with van der Waals surface area (Å²) >= 11 is 0. The van der Waals surface area contributed by atoms with Gasteiger partial charge in [-0.25, -0.2) is 0 Å². The van der Waals surface area contributed by atoms with Crippen molar-refractivity contribution < 1.29 is 4.74 Å². The molecule has 1 heterocycles. The van der Waals surface area contributed by atoms with Crippen molar-refractivity contribution >= 4 is 0 Å². The van der Waals surface area contributed by atoms with Gasteiger partial charge in [0.1, 0.15) is 0 Å². The minimum Gasteiger partial charge on any atom is -0.377 e. The molecule has 0 amide bonds. The first-order chi connectivity index (χ1) is 6.18. The first-order valence-corrected chi connectivity index (χ1v) is 5.21. The first-order valence-electron chi connectivity index (χ1n) is 5.21. The fraction of sp³-hybridized carbons (Fsp3) is 1.00. The van der Waals surface area contributed by atoms with Crippen LogP contribution in [0.2, 0.25) is 0 Å². The zero-order valence-corrected chi connectivity index (χ0v) is 9.12. The molecule has 78 valence electrons. The molecule has 0 spiro atoms. The number of hydrogen-bond donors (Lipinski definition) is 0. The lowest BCUT2D eigenvalue weighted by molar-refractivity contribution is 0.0478. The molecule has 1 rings (SSSR count). The second kappa shape index (κ2) is 5.58. The molecular weight excluding hydrogens is 164 g/mol. The van der Waals surface area contributed by atoms with Crippen LogP contribution in [0.4, 0.5) is 0 Å². The summed E-state index contributed by atoms with van der Waals surface area (Å²) in [7, 11) is 2.18. The molecule has 0 N–H and O–H groups in total. The molecule has 0 aliphatic carbocycles. The second-order valence-corrected chi connectivity index (χ2v) is 4.06. The summed E-state index contributed by atoms with van der Waals surface area (Å²) in [5, 5.41) is 0. The highest BCUT2D eigenvalue weighted by molar-refractivity contribution is 4.68. The predicted octanol–water partition coefficient (Wildman–Crippen LogP) is 0.659. The molecule has 0 aromatic rings. The van der Waals surface area contributed by atoms with Crippen LogP contribution in [-0.2, 0) is 4.74 Å². The molecule has 3 nitrogen and oxygen atoms in total. The van der Waals surface area contributed by atoms with Gasteiger partial charge in [-0.05, 0) is 20.9 Å². The van der Waals surface area contributed by atoms with Crippen molar-refractivity contribution in [1.82, 2.24) is 9.80 Å². The van der Waals surface area contributed by atoms with Crippen LogP contribution in [0.15, 0.2) is 0 Å². The molecule has 0 radical (unpaired) electrons. The van der Waals surface area contributed by atoms with Gasteiger partial charge in [-0.2, -0.15) is 0 Å². The third-order valence-corrected chi connectivity index (χ3v) is 2.45. The van der Waals surface area contributed by atoms with Gasteiger partial charge in [0.15, 0.2) is 0 Å². The number of ether oxygens (including phenoxy) is 1. The van der Waals surface area contributed by atoms with E-state index < -0.39 is 0 Å². The molecule has 1 fully saturated rings. The van der Waals surface area contributed by atoms with E-state index in [0.29, 0.717) is 6.10 Å². The van der Waals surface area contributed by atoms with Crippen LogP contribution in [0.25, 0.3) is 0 Å². The first kappa shape index (κ1) is 11.0. The van der Waals surface area contributed by atoms with E-state index in [2.05, 4.69) is 30.7 Å². The van der Waals surface area contributed by atoms with E-state index in [-0.39, 0.29) is 0 Å². The average Bonchev–Trinajstić information content (AvgIpc) is 2.08. The molecule has 0 aromatic heterocycles. The maximum atomic E-state index is 5.52. The third kappa shape index (κ3) is 4.60. The van der Waals surface area contributed by atoms with Crippen molar-refractivity contribution in [2.75, 3.05) is 46.4 Å². The van der Waals surface area contributed by atoms with E-state index in [0.717, 1.165) is 13.2 Å². The number of piperazine rings is 1. The highest BCUT2D eigenvalue weighted by Gasteiger charge is 2.12. The molecule has 1 aliphatic heterocycles. The Morgan fingerprint density at radius 2 is 1.77 bits per heavy atom. The lowest BCUT2D eigenvalue weighted by Crippen LogP contribution is -2.45. The number of nitrogens with zero attached hydrogens (tertiary/aromatic N) is 2. The summed E-state index contributed by atoms with van der Waals surface area (Å²) in [5.74, 6) is 0. The van der Waals surface area contributed by atoms with Crippen LogP contribution in [0, 0.1) is 0 Å². The Labute approximate surface area is 81.7 Å². The van der Waals surface area contributed by atoms with Gasteiger partial charge in [0.2, 0.25) is 0 Å². The van der Waals surface area contributed by atoms with Gasteiger partial charge in [-0.15, -0.1) is 0 Å². The molecule has 0 aromatic carbocycles. The van der Waals surface area contributed by atoms with E-state index >= 15 is 0 Å². The minimum atomic E-state index is 0.368. The average molecular weight is 186 g/mol. The SMILES string of the molecule is CC(C)OCCN1CCN(C)CC1. The van der Waals surface area contributed by atoms with Crippen LogP contribution in [-0.4, -0.2) is 62.3 Å². The molecule has 3 heteroatoms. The molecule has 13 heavy (non-hydrogen) atoms. The van der Waals surface area contributed by atoms with Crippen molar-refractivity contribution in [1.29, 1.82) is 0 Å². The monoisotopic (exact) mass is 186 g/mol. The van der Waals surface area contributed by atoms with Gasteiger partial charge in [-0.3, -0.25) is 4.90 Å². The summed E-state index contributed by atoms with van der Waals surface area (Å²) in [6.45, 7) is 10.9. The van der Waals surface area contributed by atoms with Gasteiger partial charge >= 0.3 is 0 Å². The smallest absolute Gasteiger partial charge is 0.0596 e. The van der Waals surface area contributed by atoms with Gasteiger partial charge in [0.25, 0.3) is 0 Å². The Morgan fingerprint density at radius 3 is 2.31 bits per heavy atom. The number of rotatable bonds is 4. The van der Waals surface area contributed by atoms with E-state index in [1.54, 1.807) is 0 Å². The number of likely N-dealkylation sites (N-methyl/N-ethyl adjacent to an activating group) is 1. The van der Waals surface area contributed by atoms with Crippen molar-refractivity contribution in [3.05, 3.63) is 0 Å². The zero-order valence-electron chi connectivity index (χ0n) is 9.12. The quantitative estimate of drug-likeness (QED) is 0.641. The molecule has 0 atom stereocenters. The highest BCUT2D eigenvalue weighted by atomic mass is 16.5. The minimum absolute atomic E-state index is 0.368. The Hall–Kier alpha value is -0.120. The maximum Gasteiger partial charge on any atom is 0.0596 e. The Balaban J connectivity index is 2.02. The van der Waals surface area contributed by atoms with Crippen LogP contribution >= 0.6 is 0 Å². The van der Waals surface area contributed by atoms with Crippen LogP contribution < -0.4 is 0 Å². The second-order valence-electron chi connectivity index (χ2n) is 4.06.